The van der Waals surface area contributed by atoms with Crippen LogP contribution in [0.5, 0.6) is 0 Å². The van der Waals surface area contributed by atoms with E-state index in [4.69, 9.17) is 4.42 Å². The van der Waals surface area contributed by atoms with E-state index in [2.05, 4.69) is 20.3 Å². The zero-order chi connectivity index (χ0) is 25.0. The Morgan fingerprint density at radius 3 is 2.63 bits per heavy atom. The van der Waals surface area contributed by atoms with Crippen LogP contribution >= 0.6 is 0 Å². The first-order valence-corrected chi connectivity index (χ1v) is 12.7. The van der Waals surface area contributed by atoms with Crippen LogP contribution in [0.25, 0.3) is 0 Å². The lowest BCUT2D eigenvalue weighted by Gasteiger charge is -2.19. The number of anilines is 1. The molecule has 0 unspecified atom stereocenters. The summed E-state index contributed by atoms with van der Waals surface area (Å²) < 4.78 is 32.4. The van der Waals surface area contributed by atoms with E-state index >= 15 is 0 Å². The van der Waals surface area contributed by atoms with Gasteiger partial charge in [0.15, 0.2) is 5.76 Å². The average molecular weight is 495 g/mol. The third-order valence-corrected chi connectivity index (χ3v) is 7.18. The number of amides is 2. The predicted molar refractivity (Wildman–Crippen MR) is 131 cm³/mol. The summed E-state index contributed by atoms with van der Waals surface area (Å²) in [5.41, 5.74) is 1.79. The highest BCUT2D eigenvalue weighted by Crippen LogP contribution is 2.24. The molecule has 0 fully saturated rings. The van der Waals surface area contributed by atoms with Crippen LogP contribution < -0.4 is 15.4 Å². The minimum absolute atomic E-state index is 0.126. The summed E-state index contributed by atoms with van der Waals surface area (Å²) >= 11 is 0. The van der Waals surface area contributed by atoms with Gasteiger partial charge >= 0.3 is 0 Å². The highest BCUT2D eigenvalue weighted by atomic mass is 32.2. The zero-order valence-corrected chi connectivity index (χ0v) is 20.1. The van der Waals surface area contributed by atoms with E-state index in [-0.39, 0.29) is 40.8 Å². The van der Waals surface area contributed by atoms with E-state index in [1.165, 1.54) is 12.3 Å². The smallest absolute Gasteiger partial charge is 0.291 e. The minimum atomic E-state index is -3.70. The maximum atomic E-state index is 13.1. The fourth-order valence-corrected chi connectivity index (χ4v) is 4.93. The SMILES string of the molecule is CC[C@H](C)[C@H](N=C1NS(=O)(=O)c2ccccc21)C(=O)NCc1cccc(NC(=O)c2ccco2)c1. The Bertz CT molecular complexity index is 1370. The summed E-state index contributed by atoms with van der Waals surface area (Å²) in [4.78, 5) is 30.0. The largest absolute Gasteiger partial charge is 0.459 e. The molecule has 0 radical (unpaired) electrons. The Labute approximate surface area is 203 Å². The molecular formula is C25H26N4O5S. The van der Waals surface area contributed by atoms with Gasteiger partial charge in [0, 0.05) is 17.8 Å². The monoisotopic (exact) mass is 494 g/mol. The molecule has 35 heavy (non-hydrogen) atoms. The molecule has 2 atom stereocenters. The summed E-state index contributed by atoms with van der Waals surface area (Å²) in [6.07, 6.45) is 2.10. The molecule has 3 aromatic rings. The Kier molecular flexibility index (Phi) is 7.02. The van der Waals surface area contributed by atoms with Crippen molar-refractivity contribution in [2.75, 3.05) is 5.32 Å². The highest BCUT2D eigenvalue weighted by Gasteiger charge is 2.33. The van der Waals surface area contributed by atoms with Crippen LogP contribution in [0.3, 0.4) is 0 Å². The molecule has 9 nitrogen and oxygen atoms in total. The first-order chi connectivity index (χ1) is 16.8. The molecule has 2 aromatic carbocycles. The third kappa shape index (κ3) is 5.43. The van der Waals surface area contributed by atoms with Crippen molar-refractivity contribution in [1.82, 2.24) is 10.0 Å². The van der Waals surface area contributed by atoms with Crippen LogP contribution in [0, 0.1) is 5.92 Å². The quantitative estimate of drug-likeness (QED) is 0.442. The van der Waals surface area contributed by atoms with Gasteiger partial charge in [-0.15, -0.1) is 0 Å². The molecule has 0 saturated carbocycles. The Hall–Kier alpha value is -3.92. The van der Waals surface area contributed by atoms with E-state index in [0.29, 0.717) is 17.7 Å². The van der Waals surface area contributed by atoms with Crippen LogP contribution in [0.2, 0.25) is 0 Å². The number of hydrogen-bond donors (Lipinski definition) is 3. The van der Waals surface area contributed by atoms with Gasteiger partial charge in [0.2, 0.25) is 5.91 Å². The molecule has 1 aliphatic heterocycles. The van der Waals surface area contributed by atoms with Gasteiger partial charge in [-0.2, -0.15) is 0 Å². The standard InChI is InChI=1S/C25H26N4O5S/c1-3-16(2)22(28-23-19-10-4-5-12-21(19)35(32,33)29-23)25(31)26-15-17-8-6-9-18(14-17)27-24(30)20-11-7-13-34-20/h4-14,16,22H,3,15H2,1-2H3,(H,26,31)(H,27,30)(H,28,29)/t16-,22-/m0/s1. The van der Waals surface area contributed by atoms with E-state index in [9.17, 15) is 18.0 Å². The zero-order valence-electron chi connectivity index (χ0n) is 19.3. The van der Waals surface area contributed by atoms with E-state index < -0.39 is 16.1 Å². The number of furan rings is 1. The second-order valence-corrected chi connectivity index (χ2v) is 9.91. The fraction of sp³-hybridized carbons (Fsp3) is 0.240. The highest BCUT2D eigenvalue weighted by molar-refractivity contribution is 7.90. The van der Waals surface area contributed by atoms with Gasteiger partial charge in [-0.25, -0.2) is 8.42 Å². The molecule has 0 bridgehead atoms. The number of carbonyl (C=O) groups excluding carboxylic acids is 2. The topological polar surface area (TPSA) is 130 Å². The van der Waals surface area contributed by atoms with Crippen molar-refractivity contribution in [3.63, 3.8) is 0 Å². The van der Waals surface area contributed by atoms with E-state index in [0.717, 1.165) is 5.56 Å². The molecule has 182 valence electrons. The van der Waals surface area contributed by atoms with Gasteiger partial charge in [-0.05, 0) is 47.9 Å². The number of carbonyl (C=O) groups is 2. The number of fused-ring (bicyclic) bond motifs is 1. The first-order valence-electron chi connectivity index (χ1n) is 11.2. The van der Waals surface area contributed by atoms with Crippen LogP contribution in [0.1, 0.15) is 41.9 Å². The predicted octanol–water partition coefficient (Wildman–Crippen LogP) is 3.30. The number of nitrogens with one attached hydrogen (secondary N) is 3. The lowest BCUT2D eigenvalue weighted by atomic mass is 9.98. The molecule has 0 saturated heterocycles. The van der Waals surface area contributed by atoms with Gasteiger partial charge in [0.05, 0.1) is 11.2 Å². The molecule has 2 amide bonds. The van der Waals surface area contributed by atoms with Crippen molar-refractivity contribution in [3.8, 4) is 0 Å². The number of hydrogen-bond acceptors (Lipinski definition) is 6. The normalized spacial score (nSPS) is 16.7. The minimum Gasteiger partial charge on any atom is -0.459 e. The first kappa shape index (κ1) is 24.2. The van der Waals surface area contributed by atoms with Crippen LogP contribution in [-0.2, 0) is 21.4 Å². The second kappa shape index (κ2) is 10.1. The lowest BCUT2D eigenvalue weighted by molar-refractivity contribution is -0.123. The van der Waals surface area contributed by atoms with Crippen LogP contribution in [0.4, 0.5) is 5.69 Å². The number of rotatable bonds is 8. The summed E-state index contributed by atoms with van der Waals surface area (Å²) in [5.74, 6) is -0.450. The number of amidine groups is 1. The van der Waals surface area contributed by atoms with Crippen molar-refractivity contribution in [1.29, 1.82) is 0 Å². The number of nitrogens with zero attached hydrogens (tertiary/aromatic N) is 1. The van der Waals surface area contributed by atoms with Gasteiger partial charge < -0.3 is 15.1 Å². The summed E-state index contributed by atoms with van der Waals surface area (Å²) in [6, 6.07) is 16.1. The Morgan fingerprint density at radius 1 is 1.09 bits per heavy atom. The van der Waals surface area contributed by atoms with Gasteiger partial charge in [-0.1, -0.05) is 44.5 Å². The van der Waals surface area contributed by atoms with Crippen molar-refractivity contribution < 1.29 is 22.4 Å². The lowest BCUT2D eigenvalue weighted by Crippen LogP contribution is -2.38. The maximum absolute atomic E-state index is 13.1. The fourth-order valence-electron chi connectivity index (χ4n) is 3.69. The summed E-state index contributed by atoms with van der Waals surface area (Å²) in [5, 5.41) is 5.64. The van der Waals surface area contributed by atoms with E-state index in [1.807, 2.05) is 19.9 Å². The van der Waals surface area contributed by atoms with Crippen molar-refractivity contribution in [3.05, 3.63) is 83.8 Å². The van der Waals surface area contributed by atoms with Crippen molar-refractivity contribution in [2.45, 2.75) is 37.8 Å². The molecule has 1 aromatic heterocycles. The molecule has 10 heteroatoms. The molecular weight excluding hydrogens is 468 g/mol. The van der Waals surface area contributed by atoms with Crippen molar-refractivity contribution >= 4 is 33.4 Å². The molecule has 2 heterocycles. The molecule has 0 aliphatic carbocycles. The van der Waals surface area contributed by atoms with Gasteiger partial charge in [0.25, 0.3) is 15.9 Å². The number of benzene rings is 2. The summed E-state index contributed by atoms with van der Waals surface area (Å²) in [6.45, 7) is 4.06. The Morgan fingerprint density at radius 2 is 1.89 bits per heavy atom. The van der Waals surface area contributed by atoms with Crippen LogP contribution in [0.15, 0.2) is 81.2 Å². The van der Waals surface area contributed by atoms with Crippen LogP contribution in [-0.4, -0.2) is 32.1 Å². The molecule has 4 rings (SSSR count). The number of aliphatic imine (C=N–C) groups is 1. The number of sulfonamides is 1. The average Bonchev–Trinajstić information content (AvgIpc) is 3.48. The second-order valence-electron chi connectivity index (χ2n) is 8.26. The third-order valence-electron chi connectivity index (χ3n) is 5.78. The Balaban J connectivity index is 1.48. The molecule has 0 spiro atoms. The summed E-state index contributed by atoms with van der Waals surface area (Å²) in [7, 11) is -3.70. The maximum Gasteiger partial charge on any atom is 0.291 e. The molecule has 1 aliphatic rings. The van der Waals surface area contributed by atoms with Gasteiger partial charge in [-0.3, -0.25) is 19.3 Å². The molecule has 3 N–H and O–H groups in total. The van der Waals surface area contributed by atoms with E-state index in [1.54, 1.807) is 48.5 Å². The van der Waals surface area contributed by atoms with Gasteiger partial charge in [0.1, 0.15) is 11.9 Å². The van der Waals surface area contributed by atoms with Crippen molar-refractivity contribution in [2.24, 2.45) is 10.9 Å².